The lowest BCUT2D eigenvalue weighted by atomic mass is 10.2. The smallest absolute Gasteiger partial charge is 0.110 e. The maximum absolute atomic E-state index is 12.3. The van der Waals surface area contributed by atoms with E-state index in [1.165, 1.54) is 0 Å². The first-order chi connectivity index (χ1) is 5.77. The summed E-state index contributed by atoms with van der Waals surface area (Å²) in [7, 11) is 1.74. The van der Waals surface area contributed by atoms with Gasteiger partial charge in [0.2, 0.25) is 0 Å². The Morgan fingerprint density at radius 1 is 1.42 bits per heavy atom. The summed E-state index contributed by atoms with van der Waals surface area (Å²) < 4.78 is 13.3. The van der Waals surface area contributed by atoms with Gasteiger partial charge in [-0.05, 0) is 24.7 Å². The van der Waals surface area contributed by atoms with Crippen molar-refractivity contribution in [3.05, 3.63) is 34.3 Å². The number of rotatable bonds is 3. The van der Waals surface area contributed by atoms with Crippen LogP contribution in [0.25, 0.3) is 0 Å². The fraction of sp³-hybridized carbons (Fsp3) is 0.250. The quantitative estimate of drug-likeness (QED) is 0.826. The fourth-order valence-corrected chi connectivity index (χ4v) is 1.51. The van der Waals surface area contributed by atoms with Crippen LogP contribution in [-0.4, -0.2) is 7.05 Å². The summed E-state index contributed by atoms with van der Waals surface area (Å²) in [6.45, 7) is 0. The number of hydrogen-bond donors (Lipinski definition) is 1. The van der Waals surface area contributed by atoms with Crippen LogP contribution in [-0.2, 0) is 0 Å². The van der Waals surface area contributed by atoms with E-state index in [9.17, 15) is 3.89 Å². The van der Waals surface area contributed by atoms with Crippen molar-refractivity contribution < 1.29 is 3.89 Å². The van der Waals surface area contributed by atoms with Crippen LogP contribution < -0.4 is 5.32 Å². The topological polar surface area (TPSA) is 12.0 Å². The van der Waals surface area contributed by atoms with Gasteiger partial charge in [-0.25, -0.2) is 0 Å². The number of hydrogen-bond acceptors (Lipinski definition) is 2. The Bertz CT molecular complexity index is 235. The fourth-order valence-electron chi connectivity index (χ4n) is 0.900. The zero-order chi connectivity index (χ0) is 8.97. The van der Waals surface area contributed by atoms with E-state index in [4.69, 9.17) is 0 Å². The molecule has 66 valence electrons. The molecule has 0 aliphatic rings. The standard InChI is InChI=1S/C8H9BrFNS/c1-11-8(12-10)6-2-4-7(9)5-3-6/h2-5,8,11H,1H3. The average Bonchev–Trinajstić information content (AvgIpc) is 2.10. The molecular weight excluding hydrogens is 241 g/mol. The molecular formula is C8H9BrFNS. The monoisotopic (exact) mass is 249 g/mol. The molecule has 1 N–H and O–H groups in total. The van der Waals surface area contributed by atoms with Gasteiger partial charge in [-0.15, -0.1) is 0 Å². The molecule has 1 unspecified atom stereocenters. The Labute approximate surface area is 84.2 Å². The van der Waals surface area contributed by atoms with Crippen LogP contribution in [0.1, 0.15) is 10.9 Å². The van der Waals surface area contributed by atoms with Crippen molar-refractivity contribution in [1.29, 1.82) is 0 Å². The van der Waals surface area contributed by atoms with E-state index in [0.29, 0.717) is 12.1 Å². The summed E-state index contributed by atoms with van der Waals surface area (Å²) in [4.78, 5) is 0. The summed E-state index contributed by atoms with van der Waals surface area (Å²) in [5.74, 6) is 0. The van der Waals surface area contributed by atoms with E-state index in [0.717, 1.165) is 10.0 Å². The van der Waals surface area contributed by atoms with Crippen molar-refractivity contribution in [2.45, 2.75) is 5.37 Å². The van der Waals surface area contributed by atoms with Crippen LogP contribution in [0.4, 0.5) is 3.89 Å². The van der Waals surface area contributed by atoms with E-state index < -0.39 is 0 Å². The largest absolute Gasteiger partial charge is 0.303 e. The van der Waals surface area contributed by atoms with Gasteiger partial charge in [0, 0.05) is 4.47 Å². The molecule has 0 saturated carbocycles. The molecule has 1 aromatic rings. The first-order valence-corrected chi connectivity index (χ1v) is 5.05. The minimum Gasteiger partial charge on any atom is -0.303 e. The van der Waals surface area contributed by atoms with Crippen molar-refractivity contribution in [2.75, 3.05) is 7.05 Å². The zero-order valence-corrected chi connectivity index (χ0v) is 8.95. The van der Waals surface area contributed by atoms with Gasteiger partial charge in [-0.2, -0.15) is 3.89 Å². The second-order valence-corrected chi connectivity index (χ2v) is 3.87. The molecule has 12 heavy (non-hydrogen) atoms. The molecule has 0 fully saturated rings. The van der Waals surface area contributed by atoms with Gasteiger partial charge in [0.05, 0.1) is 12.1 Å². The van der Waals surface area contributed by atoms with Crippen LogP contribution in [0.5, 0.6) is 0 Å². The minimum absolute atomic E-state index is 0.266. The predicted octanol–water partition coefficient (Wildman–Crippen LogP) is 3.28. The Hall–Kier alpha value is -0.0600. The second-order valence-electron chi connectivity index (χ2n) is 2.31. The molecule has 1 atom stereocenters. The lowest BCUT2D eigenvalue weighted by molar-refractivity contribution is 0.763. The highest BCUT2D eigenvalue weighted by atomic mass is 79.9. The third kappa shape index (κ3) is 2.47. The van der Waals surface area contributed by atoms with Gasteiger partial charge in [0.25, 0.3) is 0 Å². The maximum Gasteiger partial charge on any atom is 0.110 e. The SMILES string of the molecule is CNC(SF)c1ccc(Br)cc1. The third-order valence-electron chi connectivity index (χ3n) is 1.52. The predicted molar refractivity (Wildman–Crippen MR) is 54.6 cm³/mol. The Morgan fingerprint density at radius 2 is 2.00 bits per heavy atom. The Balaban J connectivity index is 2.80. The zero-order valence-electron chi connectivity index (χ0n) is 6.55. The second kappa shape index (κ2) is 4.84. The van der Waals surface area contributed by atoms with Crippen molar-refractivity contribution in [3.8, 4) is 0 Å². The molecule has 0 heterocycles. The van der Waals surface area contributed by atoms with Gasteiger partial charge < -0.3 is 5.32 Å². The van der Waals surface area contributed by atoms with Crippen LogP contribution in [0.3, 0.4) is 0 Å². The first kappa shape index (κ1) is 10.0. The molecule has 0 radical (unpaired) electrons. The summed E-state index contributed by atoms with van der Waals surface area (Å²) in [6, 6.07) is 7.57. The molecule has 1 nitrogen and oxygen atoms in total. The first-order valence-electron chi connectivity index (χ1n) is 3.48. The van der Waals surface area contributed by atoms with Crippen molar-refractivity contribution in [3.63, 3.8) is 0 Å². The van der Waals surface area contributed by atoms with E-state index in [1.807, 2.05) is 24.3 Å². The lowest BCUT2D eigenvalue weighted by Gasteiger charge is -2.10. The van der Waals surface area contributed by atoms with Crippen LogP contribution in [0.2, 0.25) is 0 Å². The van der Waals surface area contributed by atoms with Crippen LogP contribution >= 0.6 is 28.1 Å². The number of nitrogens with one attached hydrogen (secondary N) is 1. The summed E-state index contributed by atoms with van der Waals surface area (Å²) >= 11 is 3.62. The molecule has 0 aliphatic carbocycles. The highest BCUT2D eigenvalue weighted by molar-refractivity contribution is 9.10. The minimum atomic E-state index is -0.266. The van der Waals surface area contributed by atoms with E-state index in [2.05, 4.69) is 21.2 Å². The molecule has 4 heteroatoms. The molecule has 0 bridgehead atoms. The molecule has 0 saturated heterocycles. The Morgan fingerprint density at radius 3 is 2.42 bits per heavy atom. The van der Waals surface area contributed by atoms with Crippen molar-refractivity contribution >= 4 is 28.1 Å². The van der Waals surface area contributed by atoms with Gasteiger partial charge >= 0.3 is 0 Å². The van der Waals surface area contributed by atoms with Crippen LogP contribution in [0, 0.1) is 0 Å². The molecule has 0 spiro atoms. The van der Waals surface area contributed by atoms with Crippen molar-refractivity contribution in [2.24, 2.45) is 0 Å². The molecule has 0 amide bonds. The third-order valence-corrected chi connectivity index (χ3v) is 2.74. The molecule has 1 aromatic carbocycles. The average molecular weight is 250 g/mol. The number of benzene rings is 1. The van der Waals surface area contributed by atoms with Gasteiger partial charge in [0.15, 0.2) is 0 Å². The summed E-state index contributed by atoms with van der Waals surface area (Å²) in [5, 5.41) is 2.59. The highest BCUT2D eigenvalue weighted by Crippen LogP contribution is 2.26. The molecule has 1 rings (SSSR count). The Kier molecular flexibility index (Phi) is 4.05. The highest BCUT2D eigenvalue weighted by Gasteiger charge is 2.08. The molecule has 0 aliphatic heterocycles. The van der Waals surface area contributed by atoms with Crippen LogP contribution in [0.15, 0.2) is 28.7 Å². The number of halogens is 2. The van der Waals surface area contributed by atoms with E-state index in [-0.39, 0.29) is 5.37 Å². The normalized spacial score (nSPS) is 12.9. The maximum atomic E-state index is 12.3. The summed E-state index contributed by atoms with van der Waals surface area (Å²) in [5.41, 5.74) is 0.938. The van der Waals surface area contributed by atoms with Crippen molar-refractivity contribution in [1.82, 2.24) is 5.32 Å². The van der Waals surface area contributed by atoms with Gasteiger partial charge in [0.1, 0.15) is 5.37 Å². The van der Waals surface area contributed by atoms with Gasteiger partial charge in [-0.3, -0.25) is 0 Å². The molecule has 0 aromatic heterocycles. The van der Waals surface area contributed by atoms with E-state index in [1.54, 1.807) is 7.05 Å². The van der Waals surface area contributed by atoms with E-state index >= 15 is 0 Å². The lowest BCUT2D eigenvalue weighted by Crippen LogP contribution is -2.11. The summed E-state index contributed by atoms with van der Waals surface area (Å²) in [6.07, 6.45) is 0. The van der Waals surface area contributed by atoms with Gasteiger partial charge in [-0.1, -0.05) is 28.1 Å².